The number of hydrogen-bond donors (Lipinski definition) is 1. The van der Waals surface area contributed by atoms with Crippen LogP contribution in [0.2, 0.25) is 0 Å². The van der Waals surface area contributed by atoms with Gasteiger partial charge in [0.05, 0.1) is 0 Å². The molecule has 2 nitrogen and oxygen atoms in total. The molecule has 1 amide bonds. The van der Waals surface area contributed by atoms with Gasteiger partial charge in [-0.15, -0.1) is 0 Å². The van der Waals surface area contributed by atoms with Crippen molar-refractivity contribution in [1.82, 2.24) is 5.32 Å². The van der Waals surface area contributed by atoms with Crippen LogP contribution in [0.5, 0.6) is 0 Å². The molecule has 0 atom stereocenters. The zero-order valence-corrected chi connectivity index (χ0v) is 5.86. The first-order valence-corrected chi connectivity index (χ1v) is 3.22. The van der Waals surface area contributed by atoms with Crippen molar-refractivity contribution in [3.05, 3.63) is 10.7 Å². The molecule has 0 saturated heterocycles. The minimum absolute atomic E-state index is 0.105. The molecule has 0 aliphatic carbocycles. The second-order valence-electron chi connectivity index (χ2n) is 1.66. The van der Waals surface area contributed by atoms with Crippen molar-refractivity contribution >= 4 is 21.8 Å². The summed E-state index contributed by atoms with van der Waals surface area (Å²) in [6, 6.07) is 0. The van der Waals surface area contributed by atoms with E-state index in [1.807, 2.05) is 0 Å². The van der Waals surface area contributed by atoms with Gasteiger partial charge < -0.3 is 5.32 Å². The van der Waals surface area contributed by atoms with Gasteiger partial charge >= 0.3 is 0 Å². The lowest BCUT2D eigenvalue weighted by Gasteiger charge is -2.06. The van der Waals surface area contributed by atoms with E-state index in [1.165, 1.54) is 0 Å². The summed E-state index contributed by atoms with van der Waals surface area (Å²) in [4.78, 5) is 10.4. The molecule has 0 fully saturated rings. The number of hydrogen-bond acceptors (Lipinski definition) is 1. The van der Waals surface area contributed by atoms with Crippen molar-refractivity contribution in [2.45, 2.75) is 12.8 Å². The topological polar surface area (TPSA) is 29.1 Å². The maximum atomic E-state index is 10.4. The monoisotopic (exact) mass is 175 g/mol. The fraction of sp³-hybridized carbons (Fsp3) is 0.400. The fourth-order valence-corrected chi connectivity index (χ4v) is 0.849. The lowest BCUT2D eigenvalue weighted by Crippen LogP contribution is -2.20. The van der Waals surface area contributed by atoms with E-state index in [4.69, 9.17) is 0 Å². The molecule has 0 bridgehead atoms. The Morgan fingerprint density at radius 3 is 2.75 bits per heavy atom. The van der Waals surface area contributed by atoms with Crippen molar-refractivity contribution < 1.29 is 4.79 Å². The van der Waals surface area contributed by atoms with Gasteiger partial charge in [0.15, 0.2) is 0 Å². The van der Waals surface area contributed by atoms with Gasteiger partial charge in [0, 0.05) is 17.1 Å². The van der Waals surface area contributed by atoms with Crippen molar-refractivity contribution in [3.63, 3.8) is 0 Å². The Morgan fingerprint density at radius 2 is 2.38 bits per heavy atom. The van der Waals surface area contributed by atoms with E-state index in [1.54, 1.807) is 6.20 Å². The van der Waals surface area contributed by atoms with E-state index >= 15 is 0 Å². The number of amides is 1. The number of carbonyl (C=O) groups excluding carboxylic acids is 1. The van der Waals surface area contributed by atoms with E-state index in [0.29, 0.717) is 6.42 Å². The highest BCUT2D eigenvalue weighted by atomic mass is 79.9. The molecule has 1 rings (SSSR count). The molecule has 0 aromatic heterocycles. The maximum Gasteiger partial charge on any atom is 0.224 e. The third-order valence-corrected chi connectivity index (χ3v) is 1.61. The van der Waals surface area contributed by atoms with Crippen molar-refractivity contribution in [2.75, 3.05) is 0 Å². The zero-order valence-electron chi connectivity index (χ0n) is 4.28. The number of allylic oxidation sites excluding steroid dienone is 1. The van der Waals surface area contributed by atoms with Crippen molar-refractivity contribution in [1.29, 1.82) is 0 Å². The SMILES string of the molecule is O=C1CCC(Br)=CN1. The summed E-state index contributed by atoms with van der Waals surface area (Å²) < 4.78 is 1.07. The predicted octanol–water partition coefficient (Wildman–Crippen LogP) is 1.13. The largest absolute Gasteiger partial charge is 0.332 e. The van der Waals surface area contributed by atoms with Gasteiger partial charge in [-0.2, -0.15) is 0 Å². The van der Waals surface area contributed by atoms with Crippen LogP contribution in [0.4, 0.5) is 0 Å². The average molecular weight is 176 g/mol. The van der Waals surface area contributed by atoms with Crippen LogP contribution in [0.25, 0.3) is 0 Å². The van der Waals surface area contributed by atoms with E-state index in [2.05, 4.69) is 21.2 Å². The first-order valence-electron chi connectivity index (χ1n) is 2.43. The van der Waals surface area contributed by atoms with Gasteiger partial charge in [0.2, 0.25) is 5.91 Å². The van der Waals surface area contributed by atoms with Crippen LogP contribution >= 0.6 is 15.9 Å². The van der Waals surface area contributed by atoms with Crippen LogP contribution in [0, 0.1) is 0 Å². The maximum absolute atomic E-state index is 10.4. The molecule has 1 aliphatic rings. The van der Waals surface area contributed by atoms with E-state index in [9.17, 15) is 4.79 Å². The van der Waals surface area contributed by atoms with Crippen molar-refractivity contribution in [2.24, 2.45) is 0 Å². The minimum atomic E-state index is 0.105. The zero-order chi connectivity index (χ0) is 5.98. The molecular weight excluding hydrogens is 170 g/mol. The van der Waals surface area contributed by atoms with Crippen LogP contribution in [0.3, 0.4) is 0 Å². The molecule has 0 aromatic carbocycles. The first-order chi connectivity index (χ1) is 3.79. The Hall–Kier alpha value is -0.310. The Morgan fingerprint density at radius 1 is 1.62 bits per heavy atom. The third-order valence-electron chi connectivity index (χ3n) is 0.981. The molecule has 0 unspecified atom stereocenters. The van der Waals surface area contributed by atoms with E-state index in [0.717, 1.165) is 10.9 Å². The van der Waals surface area contributed by atoms with Crippen LogP contribution in [0.15, 0.2) is 10.7 Å². The van der Waals surface area contributed by atoms with Gasteiger partial charge in [0.1, 0.15) is 0 Å². The lowest BCUT2D eigenvalue weighted by molar-refractivity contribution is -0.120. The molecule has 0 radical (unpaired) electrons. The molecule has 1 aliphatic heterocycles. The Labute approximate surface area is 56.1 Å². The fourth-order valence-electron chi connectivity index (χ4n) is 0.536. The third kappa shape index (κ3) is 1.33. The second kappa shape index (κ2) is 2.31. The first kappa shape index (κ1) is 5.82. The average Bonchev–Trinajstić information content (AvgIpc) is 1.77. The molecule has 44 valence electrons. The van der Waals surface area contributed by atoms with Gasteiger partial charge in [-0.05, 0) is 6.42 Å². The van der Waals surface area contributed by atoms with Crippen LogP contribution < -0.4 is 5.32 Å². The summed E-state index contributed by atoms with van der Waals surface area (Å²) in [6.45, 7) is 0. The van der Waals surface area contributed by atoms with Gasteiger partial charge in [-0.1, -0.05) is 15.9 Å². The quantitative estimate of drug-likeness (QED) is 0.588. The van der Waals surface area contributed by atoms with E-state index in [-0.39, 0.29) is 5.91 Å². The molecule has 3 heteroatoms. The summed E-state index contributed by atoms with van der Waals surface area (Å²) in [6.07, 6.45) is 3.13. The Balaban J connectivity index is 2.55. The predicted molar refractivity (Wildman–Crippen MR) is 34.4 cm³/mol. The summed E-state index contributed by atoms with van der Waals surface area (Å²) in [7, 11) is 0. The molecule has 0 spiro atoms. The highest BCUT2D eigenvalue weighted by Crippen LogP contribution is 2.14. The van der Waals surface area contributed by atoms with Crippen LogP contribution in [0.1, 0.15) is 12.8 Å². The summed E-state index contributed by atoms with van der Waals surface area (Å²) in [5, 5.41) is 2.58. The number of halogens is 1. The molecule has 0 saturated carbocycles. The highest BCUT2D eigenvalue weighted by Gasteiger charge is 2.05. The standard InChI is InChI=1S/C5H6BrNO/c6-4-1-2-5(8)7-3-4/h3H,1-2H2,(H,7,8). The van der Waals surface area contributed by atoms with Gasteiger partial charge in [-0.25, -0.2) is 0 Å². The van der Waals surface area contributed by atoms with Crippen LogP contribution in [-0.2, 0) is 4.79 Å². The number of rotatable bonds is 0. The second-order valence-corrected chi connectivity index (χ2v) is 2.68. The number of nitrogens with one attached hydrogen (secondary N) is 1. The molecule has 1 N–H and O–H groups in total. The molecule has 8 heavy (non-hydrogen) atoms. The molecular formula is C5H6BrNO. The molecule has 1 heterocycles. The summed E-state index contributed by atoms with van der Waals surface area (Å²) in [5.41, 5.74) is 0. The number of carbonyl (C=O) groups is 1. The van der Waals surface area contributed by atoms with Gasteiger partial charge in [-0.3, -0.25) is 4.79 Å². The highest BCUT2D eigenvalue weighted by molar-refractivity contribution is 9.11. The van der Waals surface area contributed by atoms with Gasteiger partial charge in [0.25, 0.3) is 0 Å². The lowest BCUT2D eigenvalue weighted by atomic mass is 10.2. The minimum Gasteiger partial charge on any atom is -0.332 e. The normalized spacial score (nSPS) is 19.6. The van der Waals surface area contributed by atoms with Crippen LogP contribution in [-0.4, -0.2) is 5.91 Å². The Kier molecular flexibility index (Phi) is 1.68. The van der Waals surface area contributed by atoms with Crippen molar-refractivity contribution in [3.8, 4) is 0 Å². The summed E-state index contributed by atoms with van der Waals surface area (Å²) >= 11 is 3.26. The summed E-state index contributed by atoms with van der Waals surface area (Å²) in [5.74, 6) is 0.105. The smallest absolute Gasteiger partial charge is 0.224 e. The molecule has 0 aromatic rings. The van der Waals surface area contributed by atoms with E-state index < -0.39 is 0 Å². The Bertz CT molecular complexity index is 141.